The van der Waals surface area contributed by atoms with Gasteiger partial charge in [-0.15, -0.1) is 0 Å². The van der Waals surface area contributed by atoms with Crippen LogP contribution >= 0.6 is 0 Å². The van der Waals surface area contributed by atoms with E-state index in [-0.39, 0.29) is 5.97 Å². The molecule has 0 radical (unpaired) electrons. The monoisotopic (exact) mass is 340 g/mol. The maximum Gasteiger partial charge on any atom is 0.338 e. The second kappa shape index (κ2) is 7.02. The molecule has 132 valence electrons. The molecule has 1 atom stereocenters. The Balaban J connectivity index is 1.42. The van der Waals surface area contributed by atoms with Gasteiger partial charge in [0.25, 0.3) is 0 Å². The van der Waals surface area contributed by atoms with Gasteiger partial charge >= 0.3 is 5.97 Å². The van der Waals surface area contributed by atoms with Gasteiger partial charge in [-0.05, 0) is 57.1 Å². The van der Waals surface area contributed by atoms with Crippen molar-refractivity contribution in [2.75, 3.05) is 26.7 Å². The number of carbonyl (C=O) groups is 1. The molecule has 2 aliphatic heterocycles. The summed E-state index contributed by atoms with van der Waals surface area (Å²) in [5, 5.41) is 3.47. The summed E-state index contributed by atoms with van der Waals surface area (Å²) in [5.74, 6) is 2.22. The van der Waals surface area contributed by atoms with Crippen molar-refractivity contribution in [3.8, 4) is 11.3 Å². The molecule has 3 heterocycles. The maximum absolute atomic E-state index is 11.7. The number of esters is 1. The molecule has 4 rings (SSSR count). The molecule has 25 heavy (non-hydrogen) atoms. The number of ether oxygens (including phenoxy) is 1. The summed E-state index contributed by atoms with van der Waals surface area (Å²) in [5.41, 5.74) is 2.52. The molecule has 1 fully saturated rings. The van der Waals surface area contributed by atoms with Gasteiger partial charge in [0.2, 0.25) is 0 Å². The largest absolute Gasteiger partial charge is 0.460 e. The number of rotatable bonds is 5. The minimum absolute atomic E-state index is 0.246. The number of hydrogen-bond acceptors (Lipinski definition) is 5. The van der Waals surface area contributed by atoms with Crippen LogP contribution in [0.3, 0.4) is 0 Å². The van der Waals surface area contributed by atoms with Gasteiger partial charge in [0, 0.05) is 17.7 Å². The summed E-state index contributed by atoms with van der Waals surface area (Å²) in [4.78, 5) is 14.0. The average Bonchev–Trinajstić information content (AvgIpc) is 3.23. The minimum Gasteiger partial charge on any atom is -0.460 e. The number of cyclic esters (lactones) is 1. The van der Waals surface area contributed by atoms with Crippen LogP contribution in [0.5, 0.6) is 0 Å². The molecule has 1 aromatic heterocycles. The van der Waals surface area contributed by atoms with E-state index in [4.69, 9.17) is 9.15 Å². The molecule has 2 aliphatic rings. The van der Waals surface area contributed by atoms with Crippen LogP contribution in [-0.2, 0) is 17.9 Å². The zero-order valence-corrected chi connectivity index (χ0v) is 14.6. The topological polar surface area (TPSA) is 54.7 Å². The second-order valence-electron chi connectivity index (χ2n) is 7.12. The van der Waals surface area contributed by atoms with Gasteiger partial charge in [-0.1, -0.05) is 12.1 Å². The van der Waals surface area contributed by atoms with Crippen molar-refractivity contribution in [1.82, 2.24) is 10.2 Å². The molecule has 0 amide bonds. The third-order valence-corrected chi connectivity index (χ3v) is 5.03. The van der Waals surface area contributed by atoms with Gasteiger partial charge in [0.05, 0.1) is 12.1 Å². The fourth-order valence-corrected chi connectivity index (χ4v) is 3.74. The van der Waals surface area contributed by atoms with Crippen molar-refractivity contribution in [2.24, 2.45) is 5.92 Å². The van der Waals surface area contributed by atoms with Crippen LogP contribution in [0.15, 0.2) is 34.7 Å². The van der Waals surface area contributed by atoms with E-state index in [0.29, 0.717) is 12.2 Å². The van der Waals surface area contributed by atoms with Gasteiger partial charge in [-0.25, -0.2) is 4.79 Å². The lowest BCUT2D eigenvalue weighted by molar-refractivity contribution is 0.0535. The molecule has 0 unspecified atom stereocenters. The van der Waals surface area contributed by atoms with E-state index in [9.17, 15) is 4.79 Å². The van der Waals surface area contributed by atoms with Crippen LogP contribution in [0, 0.1) is 5.92 Å². The number of hydrogen-bond donors (Lipinski definition) is 1. The van der Waals surface area contributed by atoms with Gasteiger partial charge in [0.15, 0.2) is 0 Å². The van der Waals surface area contributed by atoms with Crippen molar-refractivity contribution in [3.05, 3.63) is 47.2 Å². The standard InChI is InChI=1S/C20H24N2O3/c1-22(11-14-3-2-8-21-10-14)12-17-6-7-19(25-17)15-4-5-16-13-24-20(23)18(16)9-15/h4-7,9,14,21H,2-3,8,10-13H2,1H3/t14-/m1/s1. The predicted octanol–water partition coefficient (Wildman–Crippen LogP) is 3.05. The van der Waals surface area contributed by atoms with Crippen LogP contribution < -0.4 is 5.32 Å². The highest BCUT2D eigenvalue weighted by Gasteiger charge is 2.22. The Morgan fingerprint density at radius 3 is 3.04 bits per heavy atom. The Morgan fingerprint density at radius 2 is 2.20 bits per heavy atom. The quantitative estimate of drug-likeness (QED) is 0.848. The number of piperidine rings is 1. The van der Waals surface area contributed by atoms with Crippen LogP contribution in [-0.4, -0.2) is 37.6 Å². The molecule has 0 bridgehead atoms. The van der Waals surface area contributed by atoms with E-state index in [0.717, 1.165) is 54.7 Å². The lowest BCUT2D eigenvalue weighted by atomic mass is 9.99. The first kappa shape index (κ1) is 16.4. The number of carbonyl (C=O) groups excluding carboxylic acids is 1. The molecule has 1 aromatic carbocycles. The highest BCUT2D eigenvalue weighted by molar-refractivity contribution is 5.94. The van der Waals surface area contributed by atoms with E-state index >= 15 is 0 Å². The van der Waals surface area contributed by atoms with Gasteiger partial charge in [-0.3, -0.25) is 4.90 Å². The number of nitrogens with zero attached hydrogens (tertiary/aromatic N) is 1. The molecule has 5 heteroatoms. The van der Waals surface area contributed by atoms with E-state index in [1.54, 1.807) is 0 Å². The summed E-state index contributed by atoms with van der Waals surface area (Å²) in [7, 11) is 2.14. The second-order valence-corrected chi connectivity index (χ2v) is 7.12. The molecular formula is C20H24N2O3. The third kappa shape index (κ3) is 3.62. The molecule has 5 nitrogen and oxygen atoms in total. The van der Waals surface area contributed by atoms with Crippen LogP contribution in [0.25, 0.3) is 11.3 Å². The minimum atomic E-state index is -0.246. The van der Waals surface area contributed by atoms with Crippen molar-refractivity contribution >= 4 is 5.97 Å². The molecular weight excluding hydrogens is 316 g/mol. The summed E-state index contributed by atoms with van der Waals surface area (Å²) < 4.78 is 11.1. The fraction of sp³-hybridized carbons (Fsp3) is 0.450. The molecule has 0 aliphatic carbocycles. The maximum atomic E-state index is 11.7. The van der Waals surface area contributed by atoms with Gasteiger partial charge < -0.3 is 14.5 Å². The molecule has 0 saturated carbocycles. The van der Waals surface area contributed by atoms with Crippen molar-refractivity contribution in [2.45, 2.75) is 26.0 Å². The molecule has 1 N–H and O–H groups in total. The lowest BCUT2D eigenvalue weighted by Crippen LogP contribution is -2.36. The molecule has 1 saturated heterocycles. The Labute approximate surface area is 148 Å². The summed E-state index contributed by atoms with van der Waals surface area (Å²) >= 11 is 0. The van der Waals surface area contributed by atoms with Gasteiger partial charge in [0.1, 0.15) is 18.1 Å². The molecule has 0 spiro atoms. The van der Waals surface area contributed by atoms with Crippen LogP contribution in [0.2, 0.25) is 0 Å². The lowest BCUT2D eigenvalue weighted by Gasteiger charge is -2.27. The van der Waals surface area contributed by atoms with E-state index in [2.05, 4.69) is 17.3 Å². The molecule has 2 aromatic rings. The third-order valence-electron chi connectivity index (χ3n) is 5.03. The van der Waals surface area contributed by atoms with E-state index in [1.165, 1.54) is 12.8 Å². The zero-order valence-electron chi connectivity index (χ0n) is 14.6. The highest BCUT2D eigenvalue weighted by Crippen LogP contribution is 2.28. The Bertz CT molecular complexity index is 762. The summed E-state index contributed by atoms with van der Waals surface area (Å²) in [6.45, 7) is 4.50. The van der Waals surface area contributed by atoms with Crippen molar-refractivity contribution in [1.29, 1.82) is 0 Å². The Morgan fingerprint density at radius 1 is 1.28 bits per heavy atom. The first-order chi connectivity index (χ1) is 12.2. The van der Waals surface area contributed by atoms with E-state index < -0.39 is 0 Å². The average molecular weight is 340 g/mol. The van der Waals surface area contributed by atoms with Crippen molar-refractivity contribution < 1.29 is 13.9 Å². The van der Waals surface area contributed by atoms with Crippen LogP contribution in [0.4, 0.5) is 0 Å². The first-order valence-corrected chi connectivity index (χ1v) is 8.97. The van der Waals surface area contributed by atoms with E-state index in [1.807, 2.05) is 30.3 Å². The fourth-order valence-electron chi connectivity index (χ4n) is 3.74. The Kier molecular flexibility index (Phi) is 4.59. The Hall–Kier alpha value is -2.11. The first-order valence-electron chi connectivity index (χ1n) is 8.97. The number of benzene rings is 1. The SMILES string of the molecule is CN(Cc1ccc(-c2ccc3c(c2)C(=O)OC3)o1)C[C@@H]1CCCNC1. The normalized spacial score (nSPS) is 19.9. The number of fused-ring (bicyclic) bond motifs is 1. The smallest absolute Gasteiger partial charge is 0.338 e. The van der Waals surface area contributed by atoms with Crippen molar-refractivity contribution in [3.63, 3.8) is 0 Å². The van der Waals surface area contributed by atoms with Gasteiger partial charge in [-0.2, -0.15) is 0 Å². The van der Waals surface area contributed by atoms with Crippen LogP contribution in [0.1, 0.15) is 34.5 Å². The number of nitrogens with one attached hydrogen (secondary N) is 1. The summed E-state index contributed by atoms with van der Waals surface area (Å²) in [6.07, 6.45) is 2.57. The highest BCUT2D eigenvalue weighted by atomic mass is 16.5. The summed E-state index contributed by atoms with van der Waals surface area (Å²) in [6, 6.07) is 9.80. The predicted molar refractivity (Wildman–Crippen MR) is 95.2 cm³/mol. The number of furan rings is 1. The zero-order chi connectivity index (χ0) is 17.2.